The highest BCUT2D eigenvalue weighted by molar-refractivity contribution is 6.99. The maximum Gasteiger partial charge on any atom is 0.328 e. The standard InChI is InChI=1S/C10H13N3O3S/c1-16-10(15)8-4-2-3-5-13(8)9(14)7-6-11-17-12-7/h6,8H,2-5H2,1H3. The molecule has 2 rings (SSSR count). The third-order valence-electron chi connectivity index (χ3n) is 2.82. The van der Waals surface area contributed by atoms with Crippen molar-refractivity contribution in [3.05, 3.63) is 11.9 Å². The highest BCUT2D eigenvalue weighted by Crippen LogP contribution is 2.20. The molecule has 1 aliphatic heterocycles. The van der Waals surface area contributed by atoms with Gasteiger partial charge >= 0.3 is 5.97 Å². The van der Waals surface area contributed by atoms with Gasteiger partial charge in [0.15, 0.2) is 5.69 Å². The lowest BCUT2D eigenvalue weighted by molar-refractivity contribution is -0.147. The van der Waals surface area contributed by atoms with Crippen molar-refractivity contribution in [3.63, 3.8) is 0 Å². The summed E-state index contributed by atoms with van der Waals surface area (Å²) in [5.41, 5.74) is 0.297. The molecule has 17 heavy (non-hydrogen) atoms. The minimum atomic E-state index is -0.483. The topological polar surface area (TPSA) is 72.4 Å². The van der Waals surface area contributed by atoms with Crippen LogP contribution in [0, 0.1) is 0 Å². The number of hydrogen-bond acceptors (Lipinski definition) is 6. The molecule has 1 unspecified atom stereocenters. The van der Waals surface area contributed by atoms with Crippen molar-refractivity contribution in [2.75, 3.05) is 13.7 Å². The Morgan fingerprint density at radius 1 is 1.53 bits per heavy atom. The third-order valence-corrected chi connectivity index (χ3v) is 3.30. The van der Waals surface area contributed by atoms with Crippen LogP contribution in [0.15, 0.2) is 6.20 Å². The number of rotatable bonds is 2. The maximum atomic E-state index is 12.1. The lowest BCUT2D eigenvalue weighted by Gasteiger charge is -2.33. The van der Waals surface area contributed by atoms with Crippen molar-refractivity contribution in [3.8, 4) is 0 Å². The summed E-state index contributed by atoms with van der Waals surface area (Å²) in [6.07, 6.45) is 3.90. The van der Waals surface area contributed by atoms with Crippen LogP contribution in [0.2, 0.25) is 0 Å². The van der Waals surface area contributed by atoms with E-state index in [0.29, 0.717) is 18.7 Å². The number of amides is 1. The molecule has 0 saturated carbocycles. The molecular weight excluding hydrogens is 242 g/mol. The van der Waals surface area contributed by atoms with E-state index in [2.05, 4.69) is 8.75 Å². The summed E-state index contributed by atoms with van der Waals surface area (Å²) in [5.74, 6) is -0.602. The van der Waals surface area contributed by atoms with Crippen molar-refractivity contribution in [2.45, 2.75) is 25.3 Å². The van der Waals surface area contributed by atoms with E-state index in [1.807, 2.05) is 0 Å². The molecule has 0 spiro atoms. The number of esters is 1. The lowest BCUT2D eigenvalue weighted by Crippen LogP contribution is -2.48. The second-order valence-corrected chi connectivity index (χ2v) is 4.38. The van der Waals surface area contributed by atoms with Gasteiger partial charge in [-0.2, -0.15) is 8.75 Å². The van der Waals surface area contributed by atoms with Crippen molar-refractivity contribution in [2.24, 2.45) is 0 Å². The van der Waals surface area contributed by atoms with Gasteiger partial charge in [-0.05, 0) is 19.3 Å². The number of carbonyl (C=O) groups is 2. The van der Waals surface area contributed by atoms with Gasteiger partial charge < -0.3 is 9.64 Å². The lowest BCUT2D eigenvalue weighted by atomic mass is 10.0. The van der Waals surface area contributed by atoms with Crippen LogP contribution in [0.5, 0.6) is 0 Å². The van der Waals surface area contributed by atoms with Gasteiger partial charge in [-0.25, -0.2) is 4.79 Å². The number of likely N-dealkylation sites (tertiary alicyclic amines) is 1. The molecule has 6 nitrogen and oxygen atoms in total. The Labute approximate surface area is 103 Å². The fourth-order valence-electron chi connectivity index (χ4n) is 1.96. The third kappa shape index (κ3) is 2.44. The van der Waals surface area contributed by atoms with E-state index in [0.717, 1.165) is 24.6 Å². The maximum absolute atomic E-state index is 12.1. The first-order valence-electron chi connectivity index (χ1n) is 5.40. The number of piperidine rings is 1. The SMILES string of the molecule is COC(=O)C1CCCCN1C(=O)c1cnsn1. The summed E-state index contributed by atoms with van der Waals surface area (Å²) in [6.45, 7) is 0.566. The van der Waals surface area contributed by atoms with E-state index in [4.69, 9.17) is 4.74 Å². The van der Waals surface area contributed by atoms with Gasteiger partial charge in [-0.1, -0.05) is 0 Å². The number of ether oxygens (including phenoxy) is 1. The highest BCUT2D eigenvalue weighted by atomic mass is 32.1. The molecule has 1 aromatic heterocycles. The van der Waals surface area contributed by atoms with E-state index in [-0.39, 0.29) is 11.9 Å². The second kappa shape index (κ2) is 5.22. The molecule has 0 N–H and O–H groups in total. The monoisotopic (exact) mass is 255 g/mol. The van der Waals surface area contributed by atoms with Crippen LogP contribution < -0.4 is 0 Å². The van der Waals surface area contributed by atoms with Crippen LogP contribution in [0.25, 0.3) is 0 Å². The molecule has 0 aliphatic carbocycles. The number of hydrogen-bond donors (Lipinski definition) is 0. The summed E-state index contributed by atoms with van der Waals surface area (Å²) in [5, 5.41) is 0. The van der Waals surface area contributed by atoms with Crippen molar-refractivity contribution >= 4 is 23.6 Å². The molecule has 0 bridgehead atoms. The van der Waals surface area contributed by atoms with Crippen LogP contribution in [0.4, 0.5) is 0 Å². The number of carbonyl (C=O) groups excluding carboxylic acids is 2. The Morgan fingerprint density at radius 2 is 2.35 bits per heavy atom. The first kappa shape index (κ1) is 12.0. The zero-order valence-corrected chi connectivity index (χ0v) is 10.3. The molecule has 1 saturated heterocycles. The summed E-state index contributed by atoms with van der Waals surface area (Å²) in [7, 11) is 1.34. The van der Waals surface area contributed by atoms with E-state index < -0.39 is 6.04 Å². The summed E-state index contributed by atoms with van der Waals surface area (Å²) in [4.78, 5) is 25.2. The van der Waals surface area contributed by atoms with Crippen LogP contribution in [-0.4, -0.2) is 45.2 Å². The Balaban J connectivity index is 2.16. The zero-order chi connectivity index (χ0) is 12.3. The normalized spacial score (nSPS) is 20.1. The molecule has 2 heterocycles. The van der Waals surface area contributed by atoms with Gasteiger partial charge in [0.2, 0.25) is 0 Å². The van der Waals surface area contributed by atoms with Crippen molar-refractivity contribution in [1.82, 2.24) is 13.6 Å². The van der Waals surface area contributed by atoms with Gasteiger partial charge in [-0.3, -0.25) is 4.79 Å². The molecule has 1 amide bonds. The number of nitrogens with zero attached hydrogens (tertiary/aromatic N) is 3. The number of methoxy groups -OCH3 is 1. The van der Waals surface area contributed by atoms with E-state index in [1.165, 1.54) is 18.2 Å². The molecule has 1 atom stereocenters. The van der Waals surface area contributed by atoms with Gasteiger partial charge in [0.1, 0.15) is 6.04 Å². The molecule has 7 heteroatoms. The van der Waals surface area contributed by atoms with E-state index >= 15 is 0 Å². The van der Waals surface area contributed by atoms with Crippen LogP contribution in [-0.2, 0) is 9.53 Å². The molecule has 1 aromatic rings. The molecule has 92 valence electrons. The Bertz CT molecular complexity index is 407. The highest BCUT2D eigenvalue weighted by Gasteiger charge is 2.34. The summed E-state index contributed by atoms with van der Waals surface area (Å²) >= 11 is 0.984. The molecular formula is C10H13N3O3S. The Kier molecular flexibility index (Phi) is 3.68. The average molecular weight is 255 g/mol. The van der Waals surface area contributed by atoms with Crippen molar-refractivity contribution < 1.29 is 14.3 Å². The van der Waals surface area contributed by atoms with E-state index in [1.54, 1.807) is 0 Å². The molecule has 1 fully saturated rings. The first-order valence-corrected chi connectivity index (χ1v) is 6.13. The Morgan fingerprint density at radius 3 is 3.00 bits per heavy atom. The van der Waals surface area contributed by atoms with Gasteiger partial charge in [0, 0.05) is 6.54 Å². The minimum absolute atomic E-state index is 0.242. The summed E-state index contributed by atoms with van der Waals surface area (Å²) < 4.78 is 12.4. The van der Waals surface area contributed by atoms with Gasteiger partial charge in [-0.15, -0.1) is 0 Å². The van der Waals surface area contributed by atoms with Crippen LogP contribution in [0.3, 0.4) is 0 Å². The quantitative estimate of drug-likeness (QED) is 0.728. The molecule has 0 radical (unpaired) electrons. The first-order chi connectivity index (χ1) is 8.24. The van der Waals surface area contributed by atoms with Crippen LogP contribution >= 0.6 is 11.7 Å². The predicted molar refractivity (Wildman–Crippen MR) is 60.6 cm³/mol. The smallest absolute Gasteiger partial charge is 0.328 e. The van der Waals surface area contributed by atoms with Gasteiger partial charge in [0.25, 0.3) is 5.91 Å². The molecule has 0 aromatic carbocycles. The average Bonchev–Trinajstić information content (AvgIpc) is 2.91. The zero-order valence-electron chi connectivity index (χ0n) is 9.46. The number of aromatic nitrogens is 2. The fraction of sp³-hybridized carbons (Fsp3) is 0.600. The van der Waals surface area contributed by atoms with Crippen LogP contribution in [0.1, 0.15) is 29.8 Å². The minimum Gasteiger partial charge on any atom is -0.467 e. The fourth-order valence-corrected chi connectivity index (χ4v) is 2.37. The van der Waals surface area contributed by atoms with Crippen molar-refractivity contribution in [1.29, 1.82) is 0 Å². The summed E-state index contributed by atoms with van der Waals surface area (Å²) in [6, 6.07) is -0.483. The largest absolute Gasteiger partial charge is 0.467 e. The molecule has 1 aliphatic rings. The van der Waals surface area contributed by atoms with Gasteiger partial charge in [0.05, 0.1) is 25.0 Å². The predicted octanol–water partition coefficient (Wildman–Crippen LogP) is 0.706. The second-order valence-electron chi connectivity index (χ2n) is 3.83. The van der Waals surface area contributed by atoms with E-state index in [9.17, 15) is 9.59 Å². The Hall–Kier alpha value is -1.50.